The fourth-order valence-electron chi connectivity index (χ4n) is 2.43. The third-order valence-electron chi connectivity index (χ3n) is 3.70. The first-order valence-electron chi connectivity index (χ1n) is 7.82. The van der Waals surface area contributed by atoms with Crippen molar-refractivity contribution in [2.24, 2.45) is 0 Å². The van der Waals surface area contributed by atoms with Gasteiger partial charge in [0, 0.05) is 16.5 Å². The number of aliphatic carboxylic acids is 1. The topological polar surface area (TPSA) is 80.7 Å². The first-order valence-corrected chi connectivity index (χ1v) is 9.45. The Morgan fingerprint density at radius 2 is 1.74 bits per heavy atom. The summed E-state index contributed by atoms with van der Waals surface area (Å²) in [6.07, 6.45) is 1.48. The number of thioether (sulfide) groups is 1. The highest BCUT2D eigenvalue weighted by molar-refractivity contribution is 8.05. The van der Waals surface area contributed by atoms with Crippen LogP contribution in [0.15, 0.2) is 45.6 Å². The number of rotatable bonds is 7. The largest absolute Gasteiger partial charge is 0.544 e. The Bertz CT molecular complexity index is 980. The molecule has 1 aromatic heterocycles. The van der Waals surface area contributed by atoms with Crippen molar-refractivity contribution in [1.82, 2.24) is 4.98 Å². The van der Waals surface area contributed by atoms with Gasteiger partial charge in [0.05, 0.1) is 37.5 Å². The normalized spacial score (nSPS) is 11.4. The molecular weight excluding hydrogens is 386 g/mol. The number of aromatic nitrogens is 1. The summed E-state index contributed by atoms with van der Waals surface area (Å²) < 4.78 is 17.5. The van der Waals surface area contributed by atoms with Crippen LogP contribution in [0.4, 0.5) is 0 Å². The fourth-order valence-corrected chi connectivity index (χ4v) is 4.43. The van der Waals surface area contributed by atoms with Gasteiger partial charge in [-0.1, -0.05) is 23.9 Å². The maximum Gasteiger partial charge on any atom is 0.164 e. The minimum absolute atomic E-state index is 0.0135. The van der Waals surface area contributed by atoms with Crippen LogP contribution in [0.1, 0.15) is 5.56 Å². The number of benzene rings is 2. The van der Waals surface area contributed by atoms with Gasteiger partial charge in [-0.2, -0.15) is 0 Å². The van der Waals surface area contributed by atoms with Crippen molar-refractivity contribution in [2.75, 3.05) is 21.3 Å². The third-order valence-corrected chi connectivity index (χ3v) is 5.80. The molecule has 0 radical (unpaired) electrons. The standard InChI is InChI=1S/C19H17NO5S2/c1-23-13-10-15(25-3)14(24-2)8-11(13)9-17(18(21)22)27-19-20-12-6-4-5-7-16(12)26-19/h4-10H,1-3H3,(H,21,22)/p-1/b17-9+. The number of carboxylic acids is 1. The lowest BCUT2D eigenvalue weighted by molar-refractivity contribution is -0.297. The van der Waals surface area contributed by atoms with Gasteiger partial charge in [0.2, 0.25) is 0 Å². The highest BCUT2D eigenvalue weighted by Gasteiger charge is 2.13. The van der Waals surface area contributed by atoms with Gasteiger partial charge in [0.15, 0.2) is 15.8 Å². The lowest BCUT2D eigenvalue weighted by Gasteiger charge is -2.13. The average molecular weight is 402 g/mol. The van der Waals surface area contributed by atoms with Gasteiger partial charge in [0.1, 0.15) is 5.75 Å². The molecule has 27 heavy (non-hydrogen) atoms. The Balaban J connectivity index is 2.01. The monoisotopic (exact) mass is 402 g/mol. The molecule has 1 heterocycles. The van der Waals surface area contributed by atoms with Gasteiger partial charge in [-0.05, 0) is 24.3 Å². The zero-order valence-electron chi connectivity index (χ0n) is 14.8. The summed E-state index contributed by atoms with van der Waals surface area (Å²) in [5, 5.41) is 11.7. The maximum atomic E-state index is 11.7. The molecule has 0 atom stereocenters. The van der Waals surface area contributed by atoms with E-state index in [0.29, 0.717) is 27.2 Å². The van der Waals surface area contributed by atoms with Gasteiger partial charge in [-0.15, -0.1) is 11.3 Å². The lowest BCUT2D eigenvalue weighted by Crippen LogP contribution is -2.23. The number of nitrogens with zero attached hydrogens (tertiary/aromatic N) is 1. The van der Waals surface area contributed by atoms with Crippen LogP contribution < -0.4 is 19.3 Å². The second-order valence-electron chi connectivity index (χ2n) is 5.29. The summed E-state index contributed by atoms with van der Waals surface area (Å²) >= 11 is 2.46. The summed E-state index contributed by atoms with van der Waals surface area (Å²) in [6, 6.07) is 10.9. The molecule has 0 aliphatic carbocycles. The number of para-hydroxylation sites is 1. The molecule has 0 aliphatic rings. The third kappa shape index (κ3) is 4.17. The van der Waals surface area contributed by atoms with Gasteiger partial charge in [0.25, 0.3) is 0 Å². The summed E-state index contributed by atoms with van der Waals surface area (Å²) in [4.78, 5) is 16.1. The predicted octanol–water partition coefficient (Wildman–Crippen LogP) is 3.21. The Labute approximate surface area is 164 Å². The van der Waals surface area contributed by atoms with E-state index >= 15 is 0 Å². The van der Waals surface area contributed by atoms with E-state index in [9.17, 15) is 9.90 Å². The Kier molecular flexibility index (Phi) is 5.88. The molecule has 0 saturated carbocycles. The smallest absolute Gasteiger partial charge is 0.164 e. The molecule has 3 aromatic rings. The van der Waals surface area contributed by atoms with Gasteiger partial charge in [-0.25, -0.2) is 4.98 Å². The molecular formula is C19H16NO5S2-. The molecule has 0 N–H and O–H groups in total. The lowest BCUT2D eigenvalue weighted by atomic mass is 10.1. The molecule has 8 heteroatoms. The quantitative estimate of drug-likeness (QED) is 0.443. The van der Waals surface area contributed by atoms with Crippen molar-refractivity contribution >= 4 is 45.4 Å². The van der Waals surface area contributed by atoms with Crippen LogP contribution >= 0.6 is 23.1 Å². The van der Waals surface area contributed by atoms with Gasteiger partial charge >= 0.3 is 0 Å². The van der Waals surface area contributed by atoms with Crippen molar-refractivity contribution in [3.05, 3.63) is 46.9 Å². The number of thiazole rings is 1. The molecule has 3 rings (SSSR count). The number of ether oxygens (including phenoxy) is 3. The second kappa shape index (κ2) is 8.32. The van der Waals surface area contributed by atoms with Gasteiger partial charge < -0.3 is 24.1 Å². The van der Waals surface area contributed by atoms with E-state index in [1.807, 2.05) is 24.3 Å². The van der Waals surface area contributed by atoms with E-state index < -0.39 is 5.97 Å². The first kappa shape index (κ1) is 19.1. The highest BCUT2D eigenvalue weighted by Crippen LogP contribution is 2.38. The Hall–Kier alpha value is -2.71. The zero-order chi connectivity index (χ0) is 19.4. The van der Waals surface area contributed by atoms with E-state index in [1.165, 1.54) is 38.7 Å². The highest BCUT2D eigenvalue weighted by atomic mass is 32.2. The van der Waals surface area contributed by atoms with Crippen molar-refractivity contribution in [2.45, 2.75) is 4.34 Å². The van der Waals surface area contributed by atoms with Crippen LogP contribution in [0.5, 0.6) is 17.2 Å². The van der Waals surface area contributed by atoms with Crippen LogP contribution in [0.2, 0.25) is 0 Å². The molecule has 0 unspecified atom stereocenters. The SMILES string of the molecule is COc1cc(OC)c(OC)cc1/C=C(/Sc1nc2ccccc2s1)C(=O)[O-]. The van der Waals surface area contributed by atoms with E-state index in [0.717, 1.165) is 22.0 Å². The van der Waals surface area contributed by atoms with Crippen LogP contribution in [0, 0.1) is 0 Å². The second-order valence-corrected chi connectivity index (χ2v) is 7.61. The number of carboxylic acid groups (broad SMARTS) is 1. The van der Waals surface area contributed by atoms with E-state index in [4.69, 9.17) is 14.2 Å². The summed E-state index contributed by atoms with van der Waals surface area (Å²) in [7, 11) is 4.52. The number of methoxy groups -OCH3 is 3. The predicted molar refractivity (Wildman–Crippen MR) is 105 cm³/mol. The number of hydrogen-bond acceptors (Lipinski definition) is 8. The van der Waals surface area contributed by atoms with Crippen molar-refractivity contribution in [3.8, 4) is 17.2 Å². The number of carbonyl (C=O) groups is 1. The molecule has 0 fully saturated rings. The minimum Gasteiger partial charge on any atom is -0.544 e. The van der Waals surface area contributed by atoms with Crippen LogP contribution in [0.25, 0.3) is 16.3 Å². The maximum absolute atomic E-state index is 11.7. The molecule has 2 aromatic carbocycles. The van der Waals surface area contributed by atoms with Crippen LogP contribution in [0.3, 0.4) is 0 Å². The van der Waals surface area contributed by atoms with Crippen molar-refractivity contribution in [1.29, 1.82) is 0 Å². The van der Waals surface area contributed by atoms with Crippen LogP contribution in [-0.2, 0) is 4.79 Å². The van der Waals surface area contributed by atoms with E-state index in [2.05, 4.69) is 4.98 Å². The Morgan fingerprint density at radius 3 is 2.37 bits per heavy atom. The molecule has 0 bridgehead atoms. The summed E-state index contributed by atoms with van der Waals surface area (Å²) in [6.45, 7) is 0. The molecule has 0 amide bonds. The van der Waals surface area contributed by atoms with E-state index in [1.54, 1.807) is 12.1 Å². The fraction of sp³-hybridized carbons (Fsp3) is 0.158. The average Bonchev–Trinajstić information content (AvgIpc) is 3.09. The Morgan fingerprint density at radius 1 is 1.07 bits per heavy atom. The first-order chi connectivity index (χ1) is 13.0. The van der Waals surface area contributed by atoms with Crippen molar-refractivity contribution in [3.63, 3.8) is 0 Å². The number of hydrogen-bond donors (Lipinski definition) is 0. The molecule has 0 spiro atoms. The molecule has 6 nitrogen and oxygen atoms in total. The number of fused-ring (bicyclic) bond motifs is 1. The summed E-state index contributed by atoms with van der Waals surface area (Å²) in [5.41, 5.74) is 1.36. The van der Waals surface area contributed by atoms with E-state index in [-0.39, 0.29) is 4.91 Å². The van der Waals surface area contributed by atoms with Gasteiger partial charge in [-0.3, -0.25) is 0 Å². The molecule has 0 saturated heterocycles. The molecule has 0 aliphatic heterocycles. The molecule has 140 valence electrons. The van der Waals surface area contributed by atoms with Crippen LogP contribution in [-0.4, -0.2) is 32.3 Å². The number of carbonyl (C=O) groups excluding carboxylic acids is 1. The van der Waals surface area contributed by atoms with Crippen molar-refractivity contribution < 1.29 is 24.1 Å². The zero-order valence-corrected chi connectivity index (χ0v) is 16.5. The summed E-state index contributed by atoms with van der Waals surface area (Å²) in [5.74, 6) is 0.111. The minimum atomic E-state index is -1.30.